The number of carbonyl (C=O) groups is 1. The molecule has 5 heteroatoms. The number of carbonyl (C=O) groups excluding carboxylic acids is 1. The van der Waals surface area contributed by atoms with Gasteiger partial charge >= 0.3 is 5.97 Å². The normalized spacial score (nSPS) is 30.5. The summed E-state index contributed by atoms with van der Waals surface area (Å²) in [5.41, 5.74) is -0.489. The molecule has 0 aromatic carbocycles. The van der Waals surface area contributed by atoms with E-state index in [0.29, 0.717) is 11.1 Å². The van der Waals surface area contributed by atoms with Crippen LogP contribution in [0.25, 0.3) is 0 Å². The smallest absolute Gasteiger partial charge is 0.326 e. The van der Waals surface area contributed by atoms with Crippen LogP contribution in [-0.4, -0.2) is 42.5 Å². The summed E-state index contributed by atoms with van der Waals surface area (Å²) in [6.45, 7) is 0.874. The standard InChI is InChI=1S/C10H18ClNO2S/c1-14-9(13)10(4-3-5-11)6-8(15-2)7-12-10/h8,12H,3-7H2,1-2H3/t8-,10?/m0/s1. The van der Waals surface area contributed by atoms with E-state index in [0.717, 1.165) is 25.8 Å². The van der Waals surface area contributed by atoms with E-state index in [1.807, 2.05) is 0 Å². The Labute approximate surface area is 100 Å². The van der Waals surface area contributed by atoms with Crippen LogP contribution in [0.15, 0.2) is 0 Å². The summed E-state index contributed by atoms with van der Waals surface area (Å²) in [6.07, 6.45) is 4.52. The van der Waals surface area contributed by atoms with Gasteiger partial charge in [0.25, 0.3) is 0 Å². The number of esters is 1. The fraction of sp³-hybridized carbons (Fsp3) is 0.900. The quantitative estimate of drug-likeness (QED) is 0.596. The molecule has 0 saturated carbocycles. The van der Waals surface area contributed by atoms with Gasteiger partial charge in [0.15, 0.2) is 0 Å². The lowest BCUT2D eigenvalue weighted by Crippen LogP contribution is -2.48. The average Bonchev–Trinajstić information content (AvgIpc) is 2.70. The van der Waals surface area contributed by atoms with Crippen LogP contribution >= 0.6 is 23.4 Å². The molecule has 1 fully saturated rings. The lowest BCUT2D eigenvalue weighted by atomic mass is 9.92. The van der Waals surface area contributed by atoms with E-state index in [1.54, 1.807) is 11.8 Å². The molecule has 0 aromatic rings. The second-order valence-corrected chi connectivity index (χ2v) is 5.32. The number of thioether (sulfide) groups is 1. The maximum atomic E-state index is 11.8. The Balaban J connectivity index is 2.65. The molecule has 0 bridgehead atoms. The molecule has 15 heavy (non-hydrogen) atoms. The molecule has 0 radical (unpaired) electrons. The zero-order valence-corrected chi connectivity index (χ0v) is 10.8. The molecule has 0 aromatic heterocycles. The molecular weight excluding hydrogens is 234 g/mol. The molecular formula is C10H18ClNO2S. The maximum Gasteiger partial charge on any atom is 0.326 e. The molecule has 3 nitrogen and oxygen atoms in total. The first-order chi connectivity index (χ1) is 7.18. The molecule has 1 N–H and O–H groups in total. The molecule has 1 rings (SSSR count). The van der Waals surface area contributed by atoms with E-state index in [4.69, 9.17) is 16.3 Å². The number of rotatable bonds is 5. The highest BCUT2D eigenvalue weighted by molar-refractivity contribution is 7.99. The number of nitrogens with one attached hydrogen (secondary N) is 1. The zero-order valence-electron chi connectivity index (χ0n) is 9.22. The molecule has 0 aliphatic carbocycles. The zero-order chi connectivity index (χ0) is 11.3. The highest BCUT2D eigenvalue weighted by Gasteiger charge is 2.45. The molecule has 2 atom stereocenters. The monoisotopic (exact) mass is 251 g/mol. The second kappa shape index (κ2) is 5.97. The number of hydrogen-bond acceptors (Lipinski definition) is 4. The largest absolute Gasteiger partial charge is 0.468 e. The van der Waals surface area contributed by atoms with Crippen LogP contribution in [0.2, 0.25) is 0 Å². The van der Waals surface area contributed by atoms with Gasteiger partial charge in [-0.1, -0.05) is 0 Å². The van der Waals surface area contributed by atoms with E-state index in [-0.39, 0.29) is 5.97 Å². The van der Waals surface area contributed by atoms with E-state index >= 15 is 0 Å². The number of alkyl halides is 1. The van der Waals surface area contributed by atoms with Gasteiger partial charge < -0.3 is 10.1 Å². The van der Waals surface area contributed by atoms with E-state index in [1.165, 1.54) is 7.11 Å². The van der Waals surface area contributed by atoms with Gasteiger partial charge in [-0.05, 0) is 25.5 Å². The minimum absolute atomic E-state index is 0.149. The highest BCUT2D eigenvalue weighted by atomic mass is 35.5. The van der Waals surface area contributed by atoms with Crippen LogP contribution in [0.1, 0.15) is 19.3 Å². The minimum atomic E-state index is -0.489. The van der Waals surface area contributed by atoms with Gasteiger partial charge in [-0.2, -0.15) is 11.8 Å². The fourth-order valence-electron chi connectivity index (χ4n) is 2.02. The van der Waals surface area contributed by atoms with Crippen molar-refractivity contribution in [3.8, 4) is 0 Å². The van der Waals surface area contributed by atoms with E-state index < -0.39 is 5.54 Å². The molecule has 1 aliphatic heterocycles. The molecule has 1 saturated heterocycles. The third-order valence-corrected chi connectivity index (χ3v) is 4.16. The molecule has 88 valence electrons. The van der Waals surface area contributed by atoms with Gasteiger partial charge in [0.05, 0.1) is 7.11 Å². The predicted molar refractivity (Wildman–Crippen MR) is 64.6 cm³/mol. The minimum Gasteiger partial charge on any atom is -0.468 e. The van der Waals surface area contributed by atoms with Gasteiger partial charge in [-0.25, -0.2) is 0 Å². The summed E-state index contributed by atoms with van der Waals surface area (Å²) < 4.78 is 4.87. The Hall–Kier alpha value is 0.0700. The van der Waals surface area contributed by atoms with Crippen LogP contribution in [0.3, 0.4) is 0 Å². The first-order valence-electron chi connectivity index (χ1n) is 5.10. The molecule has 0 amide bonds. The van der Waals surface area contributed by atoms with E-state index in [2.05, 4.69) is 11.6 Å². The molecule has 1 heterocycles. The first-order valence-corrected chi connectivity index (χ1v) is 6.93. The fourth-order valence-corrected chi connectivity index (χ4v) is 2.86. The lowest BCUT2D eigenvalue weighted by Gasteiger charge is -2.26. The number of halogens is 1. The molecule has 1 unspecified atom stereocenters. The van der Waals surface area contributed by atoms with Crippen LogP contribution in [0.5, 0.6) is 0 Å². The summed E-state index contributed by atoms with van der Waals surface area (Å²) in [6, 6.07) is 0. The van der Waals surface area contributed by atoms with Crippen LogP contribution in [-0.2, 0) is 9.53 Å². The summed E-state index contributed by atoms with van der Waals surface area (Å²) in [5.74, 6) is 0.439. The van der Waals surface area contributed by atoms with Crippen LogP contribution < -0.4 is 5.32 Å². The maximum absolute atomic E-state index is 11.8. The lowest BCUT2D eigenvalue weighted by molar-refractivity contribution is -0.148. The van der Waals surface area contributed by atoms with Crippen molar-refractivity contribution in [2.24, 2.45) is 0 Å². The molecule has 0 spiro atoms. The Kier molecular flexibility index (Phi) is 5.23. The summed E-state index contributed by atoms with van der Waals surface area (Å²) in [5, 5.41) is 3.80. The van der Waals surface area contributed by atoms with Crippen LogP contribution in [0.4, 0.5) is 0 Å². The second-order valence-electron chi connectivity index (χ2n) is 3.81. The van der Waals surface area contributed by atoms with Crippen molar-refractivity contribution in [3.63, 3.8) is 0 Å². The van der Waals surface area contributed by atoms with Crippen LogP contribution in [0, 0.1) is 0 Å². The number of hydrogen-bond donors (Lipinski definition) is 1. The number of ether oxygens (including phenoxy) is 1. The first kappa shape index (κ1) is 13.1. The van der Waals surface area contributed by atoms with Crippen molar-refractivity contribution in [2.75, 3.05) is 25.8 Å². The van der Waals surface area contributed by atoms with E-state index in [9.17, 15) is 4.79 Å². The third-order valence-electron chi connectivity index (χ3n) is 2.89. The third kappa shape index (κ3) is 3.02. The van der Waals surface area contributed by atoms with Crippen molar-refractivity contribution in [1.82, 2.24) is 5.32 Å². The van der Waals surface area contributed by atoms with Gasteiger partial charge in [-0.15, -0.1) is 11.6 Å². The van der Waals surface area contributed by atoms with Gasteiger partial charge in [0, 0.05) is 17.7 Å². The topological polar surface area (TPSA) is 38.3 Å². The van der Waals surface area contributed by atoms with Crippen molar-refractivity contribution >= 4 is 29.3 Å². The Morgan fingerprint density at radius 1 is 1.73 bits per heavy atom. The molecule has 1 aliphatic rings. The van der Waals surface area contributed by atoms with Gasteiger partial charge in [0.1, 0.15) is 5.54 Å². The SMILES string of the molecule is COC(=O)C1(CCCCl)C[C@H](SC)CN1. The Bertz CT molecular complexity index is 227. The Morgan fingerprint density at radius 3 is 2.93 bits per heavy atom. The van der Waals surface area contributed by atoms with Crippen molar-refractivity contribution < 1.29 is 9.53 Å². The summed E-state index contributed by atoms with van der Waals surface area (Å²) in [4.78, 5) is 11.8. The summed E-state index contributed by atoms with van der Waals surface area (Å²) >= 11 is 7.47. The van der Waals surface area contributed by atoms with Gasteiger partial charge in [0.2, 0.25) is 0 Å². The number of methoxy groups -OCH3 is 1. The van der Waals surface area contributed by atoms with Gasteiger partial charge in [-0.3, -0.25) is 4.79 Å². The van der Waals surface area contributed by atoms with Crippen molar-refractivity contribution in [2.45, 2.75) is 30.1 Å². The average molecular weight is 252 g/mol. The van der Waals surface area contributed by atoms with Crippen molar-refractivity contribution in [3.05, 3.63) is 0 Å². The Morgan fingerprint density at radius 2 is 2.47 bits per heavy atom. The van der Waals surface area contributed by atoms with Crippen molar-refractivity contribution in [1.29, 1.82) is 0 Å². The highest BCUT2D eigenvalue weighted by Crippen LogP contribution is 2.31. The summed E-state index contributed by atoms with van der Waals surface area (Å²) in [7, 11) is 1.44. The predicted octanol–water partition coefficient (Wildman–Crippen LogP) is 1.64.